The molecule has 1 heterocycles. The molecule has 6 nitrogen and oxygen atoms in total. The number of nitrogens with one attached hydrogen (secondary N) is 1. The predicted molar refractivity (Wildman–Crippen MR) is 112 cm³/mol. The van der Waals surface area contributed by atoms with Gasteiger partial charge in [-0.2, -0.15) is 0 Å². The lowest BCUT2D eigenvalue weighted by Gasteiger charge is -2.11. The first-order valence-electron chi connectivity index (χ1n) is 10.3. The second kappa shape index (κ2) is 9.63. The maximum absolute atomic E-state index is 12.3. The quantitative estimate of drug-likeness (QED) is 0.479. The highest BCUT2D eigenvalue weighted by atomic mass is 16.5. The van der Waals surface area contributed by atoms with Gasteiger partial charge in [0.2, 0.25) is 5.91 Å². The minimum absolute atomic E-state index is 0.155. The minimum Gasteiger partial charge on any atom is -0.496 e. The van der Waals surface area contributed by atoms with Crippen LogP contribution < -0.4 is 10.1 Å². The third-order valence-corrected chi connectivity index (χ3v) is 5.42. The predicted octanol–water partition coefficient (Wildman–Crippen LogP) is 4.48. The zero-order valence-electron chi connectivity index (χ0n) is 17.2. The highest BCUT2D eigenvalue weighted by Crippen LogP contribution is 2.37. The number of carbonyl (C=O) groups is 2. The van der Waals surface area contributed by atoms with Crippen molar-refractivity contribution in [1.29, 1.82) is 0 Å². The van der Waals surface area contributed by atoms with Crippen LogP contribution in [0.4, 0.5) is 0 Å². The van der Waals surface area contributed by atoms with Crippen LogP contribution in [0, 0.1) is 0 Å². The number of methoxy groups -OCH3 is 1. The molecule has 0 saturated carbocycles. The van der Waals surface area contributed by atoms with E-state index in [1.165, 1.54) is 12.0 Å². The number of allylic oxidation sites excluding steroid dienone is 1. The molecule has 29 heavy (non-hydrogen) atoms. The maximum atomic E-state index is 12.3. The molecule has 6 heteroatoms. The topological polar surface area (TPSA) is 88.8 Å². The highest BCUT2D eigenvalue weighted by Gasteiger charge is 2.20. The Labute approximate surface area is 170 Å². The van der Waals surface area contributed by atoms with E-state index in [1.807, 2.05) is 13.0 Å². The zero-order valence-corrected chi connectivity index (χ0v) is 17.2. The number of fused-ring (bicyclic) bond motifs is 3. The molecular formula is C23H29NO5. The standard InChI is InChI=1S/C23H29NO5/c1-15(12-22(25)24-11-7-3-4-10-23(26)27)17-13-18-16-8-5-6-9-19(16)29-21(18)14-20(17)28-2/h12-14H,3-11H2,1-2H3,(H,24,25)(H,26,27)/b15-12+. The van der Waals surface area contributed by atoms with Crippen molar-refractivity contribution in [2.24, 2.45) is 0 Å². The summed E-state index contributed by atoms with van der Waals surface area (Å²) < 4.78 is 11.6. The maximum Gasteiger partial charge on any atom is 0.303 e. The van der Waals surface area contributed by atoms with Gasteiger partial charge in [-0.05, 0) is 50.7 Å². The van der Waals surface area contributed by atoms with E-state index in [0.717, 1.165) is 60.0 Å². The van der Waals surface area contributed by atoms with E-state index >= 15 is 0 Å². The Morgan fingerprint density at radius 1 is 1.21 bits per heavy atom. The molecule has 0 unspecified atom stereocenters. The largest absolute Gasteiger partial charge is 0.496 e. The number of rotatable bonds is 9. The summed E-state index contributed by atoms with van der Waals surface area (Å²) in [7, 11) is 1.62. The van der Waals surface area contributed by atoms with Crippen LogP contribution in [-0.4, -0.2) is 30.6 Å². The van der Waals surface area contributed by atoms with Gasteiger partial charge in [0.1, 0.15) is 17.1 Å². The van der Waals surface area contributed by atoms with Gasteiger partial charge in [-0.3, -0.25) is 9.59 Å². The molecule has 2 N–H and O–H groups in total. The van der Waals surface area contributed by atoms with Crippen LogP contribution in [0.25, 0.3) is 16.5 Å². The van der Waals surface area contributed by atoms with Crippen molar-refractivity contribution in [2.75, 3.05) is 13.7 Å². The lowest BCUT2D eigenvalue weighted by Crippen LogP contribution is -2.22. The number of carboxylic acids is 1. The highest BCUT2D eigenvalue weighted by molar-refractivity contribution is 5.97. The number of carboxylic acid groups (broad SMARTS) is 1. The molecule has 3 rings (SSSR count). The summed E-state index contributed by atoms with van der Waals surface area (Å²) >= 11 is 0. The summed E-state index contributed by atoms with van der Waals surface area (Å²) in [6.45, 7) is 2.44. The Kier molecular flexibility index (Phi) is 6.96. The second-order valence-electron chi connectivity index (χ2n) is 7.58. The van der Waals surface area contributed by atoms with Gasteiger partial charge in [-0.1, -0.05) is 6.42 Å². The summed E-state index contributed by atoms with van der Waals surface area (Å²) in [5, 5.41) is 12.6. The summed E-state index contributed by atoms with van der Waals surface area (Å²) in [5.74, 6) is 0.834. The number of hydrogen-bond donors (Lipinski definition) is 2. The third kappa shape index (κ3) is 5.19. The van der Waals surface area contributed by atoms with E-state index in [0.29, 0.717) is 18.7 Å². The fourth-order valence-corrected chi connectivity index (χ4v) is 3.88. The van der Waals surface area contributed by atoms with Crippen LogP contribution in [0.15, 0.2) is 22.6 Å². The summed E-state index contributed by atoms with van der Waals surface area (Å²) in [6, 6.07) is 3.99. The van der Waals surface area contributed by atoms with Crippen molar-refractivity contribution < 1.29 is 23.8 Å². The number of unbranched alkanes of at least 4 members (excludes halogenated alkanes) is 2. The minimum atomic E-state index is -0.780. The molecular weight excluding hydrogens is 370 g/mol. The zero-order chi connectivity index (χ0) is 20.8. The first kappa shape index (κ1) is 21.0. The van der Waals surface area contributed by atoms with Gasteiger partial charge in [0.05, 0.1) is 7.11 Å². The van der Waals surface area contributed by atoms with Crippen molar-refractivity contribution in [3.05, 3.63) is 35.1 Å². The fraction of sp³-hybridized carbons (Fsp3) is 0.478. The third-order valence-electron chi connectivity index (χ3n) is 5.42. The van der Waals surface area contributed by atoms with Crippen molar-refractivity contribution in [2.45, 2.75) is 58.3 Å². The summed E-state index contributed by atoms with van der Waals surface area (Å²) in [4.78, 5) is 22.8. The van der Waals surface area contributed by atoms with Crippen molar-refractivity contribution >= 4 is 28.4 Å². The van der Waals surface area contributed by atoms with E-state index in [2.05, 4.69) is 11.4 Å². The Morgan fingerprint density at radius 2 is 2.00 bits per heavy atom. The average Bonchev–Trinajstić information content (AvgIpc) is 3.06. The van der Waals surface area contributed by atoms with Gasteiger partial charge in [-0.25, -0.2) is 0 Å². The summed E-state index contributed by atoms with van der Waals surface area (Å²) in [5.41, 5.74) is 3.86. The monoisotopic (exact) mass is 399 g/mol. The summed E-state index contributed by atoms with van der Waals surface area (Å²) in [6.07, 6.45) is 8.28. The molecule has 156 valence electrons. The van der Waals surface area contributed by atoms with Crippen molar-refractivity contribution in [3.8, 4) is 5.75 Å². The Hall–Kier alpha value is -2.76. The molecule has 0 radical (unpaired) electrons. The van der Waals surface area contributed by atoms with Crippen molar-refractivity contribution in [1.82, 2.24) is 5.32 Å². The Balaban J connectivity index is 1.69. The van der Waals surface area contributed by atoms with E-state index in [4.69, 9.17) is 14.3 Å². The van der Waals surface area contributed by atoms with E-state index < -0.39 is 5.97 Å². The lowest BCUT2D eigenvalue weighted by molar-refractivity contribution is -0.137. The van der Waals surface area contributed by atoms with Gasteiger partial charge < -0.3 is 19.6 Å². The number of amides is 1. The molecule has 1 aliphatic carbocycles. The molecule has 1 amide bonds. The number of hydrogen-bond acceptors (Lipinski definition) is 4. The van der Waals surface area contributed by atoms with Gasteiger partial charge >= 0.3 is 5.97 Å². The molecule has 1 aromatic carbocycles. The van der Waals surface area contributed by atoms with Crippen molar-refractivity contribution in [3.63, 3.8) is 0 Å². The SMILES string of the molecule is COc1cc2oc3c(c2cc1/C(C)=C/C(=O)NCCCCCC(=O)O)CCCC3. The smallest absolute Gasteiger partial charge is 0.303 e. The molecule has 0 saturated heterocycles. The molecule has 0 spiro atoms. The molecule has 2 aromatic rings. The first-order chi connectivity index (χ1) is 14.0. The molecule has 0 aliphatic heterocycles. The van der Waals surface area contributed by atoms with Crippen LogP contribution in [0.2, 0.25) is 0 Å². The average molecular weight is 399 g/mol. The lowest BCUT2D eigenvalue weighted by atomic mass is 9.94. The number of furan rings is 1. The number of carbonyl (C=O) groups excluding carboxylic acids is 1. The van der Waals surface area contributed by atoms with E-state index in [9.17, 15) is 9.59 Å². The molecule has 1 aliphatic rings. The van der Waals surface area contributed by atoms with Gasteiger partial charge in [0.15, 0.2) is 0 Å². The normalized spacial score (nSPS) is 13.9. The molecule has 0 bridgehead atoms. The van der Waals surface area contributed by atoms with Crippen LogP contribution in [0.5, 0.6) is 5.75 Å². The molecule has 0 fully saturated rings. The molecule has 0 atom stereocenters. The Bertz CT molecular complexity index is 925. The number of aliphatic carboxylic acids is 1. The van der Waals surface area contributed by atoms with E-state index in [-0.39, 0.29) is 12.3 Å². The fourth-order valence-electron chi connectivity index (χ4n) is 3.88. The number of aryl methyl sites for hydroxylation is 2. The Morgan fingerprint density at radius 3 is 2.76 bits per heavy atom. The number of ether oxygens (including phenoxy) is 1. The van der Waals surface area contributed by atoms with Crippen LogP contribution in [0.3, 0.4) is 0 Å². The molecule has 1 aromatic heterocycles. The van der Waals surface area contributed by atoms with Gasteiger partial charge in [0, 0.05) is 48.0 Å². The van der Waals surface area contributed by atoms with Gasteiger partial charge in [-0.15, -0.1) is 0 Å². The van der Waals surface area contributed by atoms with Gasteiger partial charge in [0.25, 0.3) is 0 Å². The first-order valence-corrected chi connectivity index (χ1v) is 10.3. The van der Waals surface area contributed by atoms with Crippen LogP contribution >= 0.6 is 0 Å². The van der Waals surface area contributed by atoms with Crippen LogP contribution in [0.1, 0.15) is 62.3 Å². The second-order valence-corrected chi connectivity index (χ2v) is 7.58. The van der Waals surface area contributed by atoms with Crippen LogP contribution in [-0.2, 0) is 22.4 Å². The number of benzene rings is 1. The van der Waals surface area contributed by atoms with E-state index in [1.54, 1.807) is 13.2 Å².